The Labute approximate surface area is 112 Å². The molecule has 2 aromatic rings. The molecule has 0 aliphatic heterocycles. The zero-order valence-corrected chi connectivity index (χ0v) is 11.1. The third-order valence-corrected chi connectivity index (χ3v) is 3.38. The van der Waals surface area contributed by atoms with Gasteiger partial charge in [-0.05, 0) is 43.5 Å². The molecule has 0 N–H and O–H groups in total. The number of carbonyl (C=O) groups is 1. The minimum atomic E-state index is -0.313. The highest BCUT2D eigenvalue weighted by atomic mass is 16.5. The van der Waals surface area contributed by atoms with Gasteiger partial charge >= 0.3 is 5.97 Å². The van der Waals surface area contributed by atoms with Crippen LogP contribution in [-0.4, -0.2) is 22.6 Å². The maximum atomic E-state index is 11.6. The summed E-state index contributed by atoms with van der Waals surface area (Å²) in [6.07, 6.45) is 6.33. The van der Waals surface area contributed by atoms with E-state index in [1.807, 2.05) is 42.2 Å². The number of carbonyl (C=O) groups excluding carboxylic acids is 1. The zero-order valence-electron chi connectivity index (χ0n) is 11.1. The summed E-state index contributed by atoms with van der Waals surface area (Å²) in [4.78, 5) is 16.1. The Morgan fingerprint density at radius 2 is 2.16 bits per heavy atom. The maximum Gasteiger partial charge on any atom is 0.337 e. The van der Waals surface area contributed by atoms with Crippen LogP contribution < -0.4 is 0 Å². The van der Waals surface area contributed by atoms with Crippen LogP contribution in [-0.2, 0) is 4.74 Å². The standard InChI is InChI=1S/C15H16N2O2/c1-10-5-12(15(18)19-2)7-13(6-10)17-8-14(16-9-17)11-3-4-11/h5-9,11H,3-4H2,1-2H3. The highest BCUT2D eigenvalue weighted by Gasteiger charge is 2.25. The number of benzene rings is 1. The van der Waals surface area contributed by atoms with Gasteiger partial charge in [-0.15, -0.1) is 0 Å². The fourth-order valence-electron chi connectivity index (χ4n) is 2.22. The Balaban J connectivity index is 1.98. The van der Waals surface area contributed by atoms with Gasteiger partial charge in [0.1, 0.15) is 0 Å². The summed E-state index contributed by atoms with van der Waals surface area (Å²) >= 11 is 0. The topological polar surface area (TPSA) is 44.1 Å². The van der Waals surface area contributed by atoms with Crippen molar-refractivity contribution in [2.75, 3.05) is 7.11 Å². The second-order valence-corrected chi connectivity index (χ2v) is 5.03. The number of hydrogen-bond acceptors (Lipinski definition) is 3. The van der Waals surface area contributed by atoms with E-state index >= 15 is 0 Å². The number of ether oxygens (including phenoxy) is 1. The van der Waals surface area contributed by atoms with Crippen LogP contribution in [0.1, 0.15) is 40.4 Å². The van der Waals surface area contributed by atoms with Gasteiger partial charge in [-0.3, -0.25) is 0 Å². The van der Waals surface area contributed by atoms with Crippen molar-refractivity contribution in [3.8, 4) is 5.69 Å². The number of rotatable bonds is 3. The number of aromatic nitrogens is 2. The molecule has 19 heavy (non-hydrogen) atoms. The summed E-state index contributed by atoms with van der Waals surface area (Å²) in [6, 6.07) is 5.69. The van der Waals surface area contributed by atoms with Gasteiger partial charge in [0.2, 0.25) is 0 Å². The molecule has 3 rings (SSSR count). The quantitative estimate of drug-likeness (QED) is 0.793. The average molecular weight is 256 g/mol. The van der Waals surface area contributed by atoms with Gasteiger partial charge in [-0.2, -0.15) is 0 Å². The van der Waals surface area contributed by atoms with E-state index < -0.39 is 0 Å². The molecule has 98 valence electrons. The van der Waals surface area contributed by atoms with Gasteiger partial charge < -0.3 is 9.30 Å². The Bertz CT molecular complexity index is 627. The molecule has 0 bridgehead atoms. The number of imidazole rings is 1. The second-order valence-electron chi connectivity index (χ2n) is 5.03. The lowest BCUT2D eigenvalue weighted by atomic mass is 10.1. The third kappa shape index (κ3) is 2.38. The van der Waals surface area contributed by atoms with E-state index in [4.69, 9.17) is 4.74 Å². The monoisotopic (exact) mass is 256 g/mol. The van der Waals surface area contributed by atoms with E-state index in [0.29, 0.717) is 11.5 Å². The van der Waals surface area contributed by atoms with Crippen LogP contribution in [0, 0.1) is 6.92 Å². The van der Waals surface area contributed by atoms with Crippen LogP contribution >= 0.6 is 0 Å². The predicted octanol–water partition coefficient (Wildman–Crippen LogP) is 2.84. The van der Waals surface area contributed by atoms with Crippen molar-refractivity contribution in [2.45, 2.75) is 25.7 Å². The van der Waals surface area contributed by atoms with Crippen LogP contribution in [0.5, 0.6) is 0 Å². The molecule has 0 saturated heterocycles. The lowest BCUT2D eigenvalue weighted by Gasteiger charge is -2.07. The molecule has 0 unspecified atom stereocenters. The van der Waals surface area contributed by atoms with Gasteiger partial charge in [0.05, 0.1) is 24.7 Å². The van der Waals surface area contributed by atoms with Gasteiger partial charge in [-0.25, -0.2) is 9.78 Å². The van der Waals surface area contributed by atoms with E-state index in [1.165, 1.54) is 20.0 Å². The average Bonchev–Trinajstić information content (AvgIpc) is 3.14. The van der Waals surface area contributed by atoms with Gasteiger partial charge in [0.25, 0.3) is 0 Å². The SMILES string of the molecule is COC(=O)c1cc(C)cc(-n2cnc(C3CC3)c2)c1. The minimum absolute atomic E-state index is 0.313. The van der Waals surface area contributed by atoms with Crippen molar-refractivity contribution in [1.29, 1.82) is 0 Å². The molecule has 0 radical (unpaired) electrons. The summed E-state index contributed by atoms with van der Waals surface area (Å²) in [5.41, 5.74) is 3.68. The molecule has 1 aromatic heterocycles. The zero-order chi connectivity index (χ0) is 13.4. The highest BCUT2D eigenvalue weighted by molar-refractivity contribution is 5.90. The number of esters is 1. The minimum Gasteiger partial charge on any atom is -0.465 e. The second kappa shape index (κ2) is 4.53. The molecule has 0 amide bonds. The van der Waals surface area contributed by atoms with Crippen molar-refractivity contribution < 1.29 is 9.53 Å². The summed E-state index contributed by atoms with van der Waals surface area (Å²) in [6.45, 7) is 1.97. The lowest BCUT2D eigenvalue weighted by molar-refractivity contribution is 0.0600. The van der Waals surface area contributed by atoms with Crippen molar-refractivity contribution >= 4 is 5.97 Å². The Kier molecular flexibility index (Phi) is 2.85. The Morgan fingerprint density at radius 1 is 1.37 bits per heavy atom. The molecule has 4 heteroatoms. The fraction of sp³-hybridized carbons (Fsp3) is 0.333. The summed E-state index contributed by atoms with van der Waals surface area (Å²) < 4.78 is 6.74. The van der Waals surface area contributed by atoms with Crippen LogP contribution in [0.2, 0.25) is 0 Å². The van der Waals surface area contributed by atoms with Gasteiger partial charge in [-0.1, -0.05) is 0 Å². The predicted molar refractivity (Wildman–Crippen MR) is 71.6 cm³/mol. The molecule has 0 spiro atoms. The molecule has 1 heterocycles. The molecule has 1 fully saturated rings. The Morgan fingerprint density at radius 3 is 2.84 bits per heavy atom. The van der Waals surface area contributed by atoms with E-state index in [2.05, 4.69) is 4.98 Å². The van der Waals surface area contributed by atoms with E-state index in [-0.39, 0.29) is 5.97 Å². The number of hydrogen-bond donors (Lipinski definition) is 0. The molecule has 1 aliphatic carbocycles. The van der Waals surface area contributed by atoms with Crippen LogP contribution in [0.25, 0.3) is 5.69 Å². The largest absolute Gasteiger partial charge is 0.465 e. The number of nitrogens with zero attached hydrogens (tertiary/aromatic N) is 2. The fourth-order valence-corrected chi connectivity index (χ4v) is 2.22. The first kappa shape index (κ1) is 12.0. The van der Waals surface area contributed by atoms with Crippen LogP contribution in [0.4, 0.5) is 0 Å². The van der Waals surface area contributed by atoms with Crippen molar-refractivity contribution in [1.82, 2.24) is 9.55 Å². The van der Waals surface area contributed by atoms with Crippen molar-refractivity contribution in [3.63, 3.8) is 0 Å². The van der Waals surface area contributed by atoms with Crippen LogP contribution in [0.15, 0.2) is 30.7 Å². The van der Waals surface area contributed by atoms with Gasteiger partial charge in [0.15, 0.2) is 0 Å². The van der Waals surface area contributed by atoms with E-state index in [0.717, 1.165) is 16.9 Å². The first-order chi connectivity index (χ1) is 9.17. The van der Waals surface area contributed by atoms with E-state index in [9.17, 15) is 4.79 Å². The summed E-state index contributed by atoms with van der Waals surface area (Å²) in [7, 11) is 1.40. The van der Waals surface area contributed by atoms with Crippen LogP contribution in [0.3, 0.4) is 0 Å². The molecule has 1 aromatic carbocycles. The molecular weight excluding hydrogens is 240 g/mol. The smallest absolute Gasteiger partial charge is 0.337 e. The number of aryl methyl sites for hydroxylation is 1. The molecule has 0 atom stereocenters. The lowest BCUT2D eigenvalue weighted by Crippen LogP contribution is -2.03. The van der Waals surface area contributed by atoms with Crippen molar-refractivity contribution in [2.24, 2.45) is 0 Å². The molecule has 4 nitrogen and oxygen atoms in total. The maximum absolute atomic E-state index is 11.6. The molecular formula is C15H16N2O2. The van der Waals surface area contributed by atoms with E-state index in [1.54, 1.807) is 0 Å². The first-order valence-corrected chi connectivity index (χ1v) is 6.41. The Hall–Kier alpha value is -2.10. The molecule has 1 aliphatic rings. The summed E-state index contributed by atoms with van der Waals surface area (Å²) in [5, 5.41) is 0. The summed E-state index contributed by atoms with van der Waals surface area (Å²) in [5.74, 6) is 0.318. The van der Waals surface area contributed by atoms with Gasteiger partial charge in [0, 0.05) is 17.8 Å². The van der Waals surface area contributed by atoms with Crippen molar-refractivity contribution in [3.05, 3.63) is 47.5 Å². The highest BCUT2D eigenvalue weighted by Crippen LogP contribution is 2.39. The first-order valence-electron chi connectivity index (χ1n) is 6.41. The third-order valence-electron chi connectivity index (χ3n) is 3.38. The molecule has 1 saturated carbocycles. The normalized spacial score (nSPS) is 14.4. The number of methoxy groups -OCH3 is 1.